The molecular weight excluding hydrogens is 384 g/mol. The first-order valence-corrected chi connectivity index (χ1v) is 9.76. The number of piperidine rings is 1. The Morgan fingerprint density at radius 1 is 1.43 bits per heavy atom. The Morgan fingerprint density at radius 3 is 2.75 bits per heavy atom. The number of likely N-dealkylation sites (tertiary alicyclic amines) is 1. The van der Waals surface area contributed by atoms with E-state index in [4.69, 9.17) is 16.3 Å². The number of halogens is 1. The average Bonchev–Trinajstić information content (AvgIpc) is 2.92. The van der Waals surface area contributed by atoms with E-state index in [1.807, 2.05) is 34.6 Å². The second-order valence-corrected chi connectivity index (χ2v) is 8.69. The number of carbonyl (C=O) groups is 1. The number of anilines is 1. The zero-order valence-electron chi connectivity index (χ0n) is 16.8. The monoisotopic (exact) mass is 410 g/mol. The SMILES string of the molecule is CC(C)c1nc(Cl)c2cnc(N[C@@H]3CCN(C(=O)OC(C)(C)C)C[C@H]3O)nn12. The molecule has 2 N–H and O–H groups in total. The number of amides is 1. The molecule has 0 saturated carbocycles. The zero-order valence-corrected chi connectivity index (χ0v) is 17.6. The van der Waals surface area contributed by atoms with Crippen LogP contribution in [0.5, 0.6) is 0 Å². The summed E-state index contributed by atoms with van der Waals surface area (Å²) in [5, 5.41) is 18.5. The third-order valence-corrected chi connectivity index (χ3v) is 4.72. The van der Waals surface area contributed by atoms with Gasteiger partial charge in [0.25, 0.3) is 0 Å². The van der Waals surface area contributed by atoms with Gasteiger partial charge in [0.05, 0.1) is 24.9 Å². The Morgan fingerprint density at radius 2 is 2.14 bits per heavy atom. The van der Waals surface area contributed by atoms with E-state index in [1.165, 1.54) is 4.90 Å². The van der Waals surface area contributed by atoms with Gasteiger partial charge >= 0.3 is 6.09 Å². The van der Waals surface area contributed by atoms with Crippen LogP contribution in [0, 0.1) is 0 Å². The summed E-state index contributed by atoms with van der Waals surface area (Å²) in [5.74, 6) is 1.26. The number of hydrogen-bond acceptors (Lipinski definition) is 7. The van der Waals surface area contributed by atoms with Crippen molar-refractivity contribution in [1.29, 1.82) is 0 Å². The Hall–Kier alpha value is -2.13. The smallest absolute Gasteiger partial charge is 0.410 e. The number of carbonyl (C=O) groups excluding carboxylic acids is 1. The molecule has 1 saturated heterocycles. The van der Waals surface area contributed by atoms with Crippen molar-refractivity contribution in [3.63, 3.8) is 0 Å². The minimum atomic E-state index is -0.767. The largest absolute Gasteiger partial charge is 0.444 e. The number of ether oxygens (including phenoxy) is 1. The molecule has 9 nitrogen and oxygen atoms in total. The number of β-amino-alcohol motifs (C(OH)–C–C–N with tert-alkyl or cyclic N) is 1. The fourth-order valence-corrected chi connectivity index (χ4v) is 3.29. The molecule has 3 heterocycles. The maximum atomic E-state index is 12.2. The van der Waals surface area contributed by atoms with Gasteiger partial charge in [0.15, 0.2) is 5.15 Å². The molecule has 1 aliphatic heterocycles. The second kappa shape index (κ2) is 7.71. The second-order valence-electron chi connectivity index (χ2n) is 8.33. The first-order valence-electron chi connectivity index (χ1n) is 9.39. The highest BCUT2D eigenvalue weighted by atomic mass is 35.5. The minimum Gasteiger partial charge on any atom is -0.444 e. The summed E-state index contributed by atoms with van der Waals surface area (Å²) in [5.41, 5.74) is 0.0665. The standard InChI is InChI=1S/C18H27ClN6O3/c1-10(2)15-22-14(19)12-8-20-16(23-25(12)15)21-11-6-7-24(9-13(11)26)17(27)28-18(3,4)5/h8,10-11,13,26H,6-7,9H2,1-5H3,(H,21,23)/t11-,13-/m1/s1. The molecule has 1 fully saturated rings. The van der Waals surface area contributed by atoms with Crippen LogP contribution in [-0.4, -0.2) is 66.5 Å². The maximum Gasteiger partial charge on any atom is 0.410 e. The van der Waals surface area contributed by atoms with Crippen LogP contribution in [0.2, 0.25) is 5.15 Å². The predicted molar refractivity (Wildman–Crippen MR) is 106 cm³/mol. The lowest BCUT2D eigenvalue weighted by atomic mass is 10.0. The van der Waals surface area contributed by atoms with Crippen LogP contribution in [0.15, 0.2) is 6.20 Å². The molecular formula is C18H27ClN6O3. The quantitative estimate of drug-likeness (QED) is 0.801. The summed E-state index contributed by atoms with van der Waals surface area (Å²) in [7, 11) is 0. The molecule has 0 unspecified atom stereocenters. The Bertz CT molecular complexity index is 863. The van der Waals surface area contributed by atoms with Crippen molar-refractivity contribution in [1.82, 2.24) is 24.5 Å². The van der Waals surface area contributed by atoms with Crippen LogP contribution in [-0.2, 0) is 4.74 Å². The highest BCUT2D eigenvalue weighted by Crippen LogP contribution is 2.23. The Kier molecular flexibility index (Phi) is 5.67. The Labute approximate surface area is 169 Å². The topological polar surface area (TPSA) is 105 Å². The molecule has 1 aliphatic rings. The van der Waals surface area contributed by atoms with Crippen molar-refractivity contribution >= 4 is 29.2 Å². The lowest BCUT2D eigenvalue weighted by molar-refractivity contribution is 0.00113. The molecule has 2 aromatic rings. The number of aliphatic hydroxyl groups excluding tert-OH is 1. The summed E-state index contributed by atoms with van der Waals surface area (Å²) in [6.45, 7) is 10.1. The van der Waals surface area contributed by atoms with E-state index in [1.54, 1.807) is 10.7 Å². The number of nitrogens with one attached hydrogen (secondary N) is 1. The molecule has 3 rings (SSSR count). The van der Waals surface area contributed by atoms with E-state index in [9.17, 15) is 9.90 Å². The van der Waals surface area contributed by atoms with Crippen molar-refractivity contribution in [2.75, 3.05) is 18.4 Å². The first-order chi connectivity index (χ1) is 13.0. The number of hydrogen-bond donors (Lipinski definition) is 2. The number of nitrogens with zero attached hydrogens (tertiary/aromatic N) is 5. The molecule has 0 radical (unpaired) electrons. The van der Waals surface area contributed by atoms with Gasteiger partial charge < -0.3 is 20.1 Å². The summed E-state index contributed by atoms with van der Waals surface area (Å²) < 4.78 is 7.04. The molecule has 28 heavy (non-hydrogen) atoms. The van der Waals surface area contributed by atoms with Gasteiger partial charge in [0, 0.05) is 12.5 Å². The van der Waals surface area contributed by atoms with Gasteiger partial charge in [-0.3, -0.25) is 0 Å². The number of rotatable bonds is 3. The number of aromatic nitrogens is 4. The molecule has 10 heteroatoms. The molecule has 0 aliphatic carbocycles. The van der Waals surface area contributed by atoms with Crippen LogP contribution < -0.4 is 5.32 Å². The van der Waals surface area contributed by atoms with E-state index in [2.05, 4.69) is 20.4 Å². The highest BCUT2D eigenvalue weighted by Gasteiger charge is 2.33. The van der Waals surface area contributed by atoms with E-state index in [0.29, 0.717) is 29.6 Å². The van der Waals surface area contributed by atoms with E-state index < -0.39 is 17.8 Å². The van der Waals surface area contributed by atoms with Crippen LogP contribution in [0.25, 0.3) is 5.52 Å². The van der Waals surface area contributed by atoms with Gasteiger partial charge in [0.1, 0.15) is 16.9 Å². The minimum absolute atomic E-state index is 0.144. The summed E-state index contributed by atoms with van der Waals surface area (Å²) in [6, 6.07) is -0.280. The first kappa shape index (κ1) is 20.6. The zero-order chi connectivity index (χ0) is 20.6. The van der Waals surface area contributed by atoms with Gasteiger partial charge in [0.2, 0.25) is 5.95 Å². The third kappa shape index (κ3) is 4.47. The van der Waals surface area contributed by atoms with E-state index >= 15 is 0 Å². The normalized spacial score (nSPS) is 20.6. The fourth-order valence-electron chi connectivity index (χ4n) is 3.07. The third-order valence-electron chi connectivity index (χ3n) is 4.44. The van der Waals surface area contributed by atoms with Gasteiger partial charge in [-0.05, 0) is 27.2 Å². The van der Waals surface area contributed by atoms with Gasteiger partial charge in [-0.25, -0.2) is 19.3 Å². The average molecular weight is 411 g/mol. The number of imidazole rings is 1. The van der Waals surface area contributed by atoms with Crippen LogP contribution >= 0.6 is 11.6 Å². The van der Waals surface area contributed by atoms with Gasteiger partial charge in [-0.15, -0.1) is 5.10 Å². The molecule has 0 aromatic carbocycles. The molecule has 1 amide bonds. The number of aliphatic hydroxyl groups is 1. The summed E-state index contributed by atoms with van der Waals surface area (Å²) >= 11 is 6.16. The Balaban J connectivity index is 1.69. The van der Waals surface area contributed by atoms with Crippen molar-refractivity contribution < 1.29 is 14.6 Å². The summed E-state index contributed by atoms with van der Waals surface area (Å²) in [4.78, 5) is 22.3. The lowest BCUT2D eigenvalue weighted by Gasteiger charge is -2.36. The van der Waals surface area contributed by atoms with Gasteiger partial charge in [-0.2, -0.15) is 0 Å². The van der Waals surface area contributed by atoms with Crippen molar-refractivity contribution in [3.8, 4) is 0 Å². The lowest BCUT2D eigenvalue weighted by Crippen LogP contribution is -2.52. The molecule has 154 valence electrons. The number of fused-ring (bicyclic) bond motifs is 1. The molecule has 2 atom stereocenters. The van der Waals surface area contributed by atoms with Crippen molar-refractivity contribution in [2.24, 2.45) is 0 Å². The van der Waals surface area contributed by atoms with Crippen LogP contribution in [0.3, 0.4) is 0 Å². The van der Waals surface area contributed by atoms with Crippen LogP contribution in [0.4, 0.5) is 10.7 Å². The molecule has 2 aromatic heterocycles. The van der Waals surface area contributed by atoms with E-state index in [-0.39, 0.29) is 18.5 Å². The molecule has 0 bridgehead atoms. The van der Waals surface area contributed by atoms with Crippen molar-refractivity contribution in [2.45, 2.75) is 64.7 Å². The van der Waals surface area contributed by atoms with Crippen molar-refractivity contribution in [3.05, 3.63) is 17.2 Å². The highest BCUT2D eigenvalue weighted by molar-refractivity contribution is 6.32. The maximum absolute atomic E-state index is 12.2. The molecule has 0 spiro atoms. The van der Waals surface area contributed by atoms with E-state index in [0.717, 1.165) is 5.82 Å². The summed E-state index contributed by atoms with van der Waals surface area (Å²) in [6.07, 6.45) is 0.969. The van der Waals surface area contributed by atoms with Crippen LogP contribution in [0.1, 0.15) is 52.8 Å². The van der Waals surface area contributed by atoms with Gasteiger partial charge in [-0.1, -0.05) is 25.4 Å². The fraction of sp³-hybridized carbons (Fsp3) is 0.667. The predicted octanol–water partition coefficient (Wildman–Crippen LogP) is 2.68.